The van der Waals surface area contributed by atoms with Crippen LogP contribution < -0.4 is 0 Å². The number of benzene rings is 2. The minimum absolute atomic E-state index is 0.384. The lowest BCUT2D eigenvalue weighted by Crippen LogP contribution is -2.00. The molecule has 5 heteroatoms. The fourth-order valence-corrected chi connectivity index (χ4v) is 3.75. The highest BCUT2D eigenvalue weighted by atomic mass is 32.1. The summed E-state index contributed by atoms with van der Waals surface area (Å²) in [5, 5.41) is 12.2. The van der Waals surface area contributed by atoms with Crippen LogP contribution in [0.1, 0.15) is 40.3 Å². The van der Waals surface area contributed by atoms with Crippen molar-refractivity contribution in [2.75, 3.05) is 7.11 Å². The first-order valence-corrected chi connectivity index (χ1v) is 10.2. The normalized spacial score (nSPS) is 11.3. The molecule has 0 atom stereocenters. The second kappa shape index (κ2) is 9.31. The molecule has 1 aromatic heterocycles. The van der Waals surface area contributed by atoms with Crippen molar-refractivity contribution < 1.29 is 9.53 Å². The SMILES string of the molecule is COC(=O)c1ccc(C=C(C#N)c2nc(-c3ccc(CC(C)C)cc3)cs2)cc1. The highest BCUT2D eigenvalue weighted by Gasteiger charge is 2.10. The molecule has 0 radical (unpaired) electrons. The fraction of sp³-hybridized carbons (Fsp3) is 0.208. The maximum atomic E-state index is 11.5. The van der Waals surface area contributed by atoms with Crippen LogP contribution in [-0.2, 0) is 11.2 Å². The summed E-state index contributed by atoms with van der Waals surface area (Å²) in [6.07, 6.45) is 2.83. The molecule has 0 bridgehead atoms. The molecular weight excluding hydrogens is 380 g/mol. The van der Waals surface area contributed by atoms with E-state index in [0.29, 0.717) is 22.1 Å². The fourth-order valence-electron chi connectivity index (χ4n) is 2.95. The van der Waals surface area contributed by atoms with Gasteiger partial charge in [0.05, 0.1) is 23.9 Å². The standard InChI is InChI=1S/C24H22N2O2S/c1-16(2)12-17-4-8-19(9-5-17)22-15-29-23(26-22)21(14-25)13-18-6-10-20(11-7-18)24(27)28-3/h4-11,13,15-16H,12H2,1-3H3. The molecule has 3 aromatic rings. The third-order valence-corrected chi connectivity index (χ3v) is 5.27. The Kier molecular flexibility index (Phi) is 6.58. The first-order valence-electron chi connectivity index (χ1n) is 9.35. The Bertz CT molecular complexity index is 1060. The molecule has 0 unspecified atom stereocenters. The van der Waals surface area contributed by atoms with Crippen LogP contribution in [0.4, 0.5) is 0 Å². The highest BCUT2D eigenvalue weighted by Crippen LogP contribution is 2.27. The van der Waals surface area contributed by atoms with Gasteiger partial charge in [-0.15, -0.1) is 11.3 Å². The zero-order chi connectivity index (χ0) is 20.8. The number of hydrogen-bond acceptors (Lipinski definition) is 5. The number of carbonyl (C=O) groups is 1. The van der Waals surface area contributed by atoms with E-state index in [1.165, 1.54) is 24.0 Å². The Labute approximate surface area is 175 Å². The number of carbonyl (C=O) groups excluding carboxylic acids is 1. The van der Waals surface area contributed by atoms with Crippen LogP contribution in [0.25, 0.3) is 22.9 Å². The summed E-state index contributed by atoms with van der Waals surface area (Å²) in [7, 11) is 1.35. The lowest BCUT2D eigenvalue weighted by Gasteiger charge is -2.05. The molecule has 2 aromatic carbocycles. The van der Waals surface area contributed by atoms with Gasteiger partial charge in [0, 0.05) is 10.9 Å². The predicted molar refractivity (Wildman–Crippen MR) is 117 cm³/mol. The lowest BCUT2D eigenvalue weighted by molar-refractivity contribution is 0.0600. The summed E-state index contributed by atoms with van der Waals surface area (Å²) in [6, 6.07) is 17.6. The van der Waals surface area contributed by atoms with E-state index < -0.39 is 0 Å². The molecule has 0 spiro atoms. The number of nitriles is 1. The van der Waals surface area contributed by atoms with Crippen molar-refractivity contribution in [2.45, 2.75) is 20.3 Å². The van der Waals surface area contributed by atoms with Gasteiger partial charge in [-0.2, -0.15) is 5.26 Å². The number of methoxy groups -OCH3 is 1. The minimum atomic E-state index is -0.384. The Morgan fingerprint density at radius 2 is 1.86 bits per heavy atom. The topological polar surface area (TPSA) is 63.0 Å². The van der Waals surface area contributed by atoms with Gasteiger partial charge in [0.2, 0.25) is 0 Å². The van der Waals surface area contributed by atoms with E-state index in [2.05, 4.69) is 49.2 Å². The molecule has 146 valence electrons. The predicted octanol–water partition coefficient (Wildman–Crippen LogP) is 5.86. The molecule has 29 heavy (non-hydrogen) atoms. The van der Waals surface area contributed by atoms with Gasteiger partial charge in [-0.05, 0) is 41.7 Å². The van der Waals surface area contributed by atoms with Gasteiger partial charge in [0.15, 0.2) is 0 Å². The first kappa shape index (κ1) is 20.5. The van der Waals surface area contributed by atoms with E-state index >= 15 is 0 Å². The van der Waals surface area contributed by atoms with Crippen molar-refractivity contribution in [2.24, 2.45) is 5.92 Å². The maximum absolute atomic E-state index is 11.5. The summed E-state index contributed by atoms with van der Waals surface area (Å²) in [5.74, 6) is 0.238. The Morgan fingerprint density at radius 3 is 2.45 bits per heavy atom. The van der Waals surface area contributed by atoms with E-state index in [-0.39, 0.29) is 5.97 Å². The summed E-state index contributed by atoms with van der Waals surface area (Å²) < 4.78 is 4.70. The maximum Gasteiger partial charge on any atom is 0.337 e. The average molecular weight is 403 g/mol. The quantitative estimate of drug-likeness (QED) is 0.383. The number of thiazole rings is 1. The van der Waals surface area contributed by atoms with Crippen molar-refractivity contribution in [1.29, 1.82) is 5.26 Å². The van der Waals surface area contributed by atoms with Crippen LogP contribution in [0.3, 0.4) is 0 Å². The van der Waals surface area contributed by atoms with Crippen LogP contribution in [0, 0.1) is 17.2 Å². The van der Waals surface area contributed by atoms with E-state index in [4.69, 9.17) is 4.74 Å². The van der Waals surface area contributed by atoms with Gasteiger partial charge in [-0.3, -0.25) is 0 Å². The Morgan fingerprint density at radius 1 is 1.17 bits per heavy atom. The van der Waals surface area contributed by atoms with Crippen molar-refractivity contribution in [3.8, 4) is 17.3 Å². The molecule has 4 nitrogen and oxygen atoms in total. The molecule has 0 aliphatic carbocycles. The van der Waals surface area contributed by atoms with Gasteiger partial charge < -0.3 is 4.74 Å². The Hall–Kier alpha value is -3.23. The number of esters is 1. The number of allylic oxidation sites excluding steroid dienone is 1. The van der Waals surface area contributed by atoms with Crippen LogP contribution in [0.2, 0.25) is 0 Å². The average Bonchev–Trinajstić information content (AvgIpc) is 3.22. The molecule has 0 aliphatic heterocycles. The van der Waals surface area contributed by atoms with Crippen LogP contribution >= 0.6 is 11.3 Å². The number of ether oxygens (including phenoxy) is 1. The van der Waals surface area contributed by atoms with Gasteiger partial charge >= 0.3 is 5.97 Å². The largest absolute Gasteiger partial charge is 0.465 e. The third-order valence-electron chi connectivity index (χ3n) is 4.39. The Balaban J connectivity index is 1.81. The summed E-state index contributed by atoms with van der Waals surface area (Å²) in [4.78, 5) is 16.2. The van der Waals surface area contributed by atoms with Gasteiger partial charge in [0.1, 0.15) is 11.1 Å². The van der Waals surface area contributed by atoms with Crippen molar-refractivity contribution in [3.63, 3.8) is 0 Å². The molecule has 0 amide bonds. The summed E-state index contributed by atoms with van der Waals surface area (Å²) >= 11 is 1.45. The number of hydrogen-bond donors (Lipinski definition) is 0. The second-order valence-corrected chi connectivity index (χ2v) is 7.97. The smallest absolute Gasteiger partial charge is 0.337 e. The monoisotopic (exact) mass is 402 g/mol. The van der Waals surface area contributed by atoms with E-state index in [0.717, 1.165) is 23.2 Å². The zero-order valence-corrected chi connectivity index (χ0v) is 17.5. The van der Waals surface area contributed by atoms with Crippen LogP contribution in [0.5, 0.6) is 0 Å². The molecule has 0 fully saturated rings. The van der Waals surface area contributed by atoms with Gasteiger partial charge in [-0.25, -0.2) is 9.78 Å². The second-order valence-electron chi connectivity index (χ2n) is 7.12. The van der Waals surface area contributed by atoms with Crippen LogP contribution in [-0.4, -0.2) is 18.1 Å². The van der Waals surface area contributed by atoms with E-state index in [9.17, 15) is 10.1 Å². The van der Waals surface area contributed by atoms with Crippen molar-refractivity contribution in [3.05, 3.63) is 75.6 Å². The number of aromatic nitrogens is 1. The number of rotatable bonds is 6. The van der Waals surface area contributed by atoms with Crippen molar-refractivity contribution in [1.82, 2.24) is 4.98 Å². The number of nitrogens with zero attached hydrogens (tertiary/aromatic N) is 2. The lowest BCUT2D eigenvalue weighted by atomic mass is 10.0. The molecule has 0 aliphatic rings. The van der Waals surface area contributed by atoms with E-state index in [1.807, 2.05) is 5.38 Å². The van der Waals surface area contributed by atoms with Crippen LogP contribution in [0.15, 0.2) is 53.9 Å². The highest BCUT2D eigenvalue weighted by molar-refractivity contribution is 7.11. The summed E-state index contributed by atoms with van der Waals surface area (Å²) in [5.41, 5.74) is 5.00. The van der Waals surface area contributed by atoms with Crippen molar-refractivity contribution >= 4 is 29.0 Å². The van der Waals surface area contributed by atoms with Gasteiger partial charge in [0.25, 0.3) is 0 Å². The zero-order valence-electron chi connectivity index (χ0n) is 16.7. The molecule has 0 N–H and O–H groups in total. The molecule has 0 saturated heterocycles. The molecule has 3 rings (SSSR count). The molecular formula is C24H22N2O2S. The first-order chi connectivity index (χ1) is 14.0. The third kappa shape index (κ3) is 5.18. The minimum Gasteiger partial charge on any atom is -0.465 e. The molecule has 1 heterocycles. The molecule has 0 saturated carbocycles. The van der Waals surface area contributed by atoms with Gasteiger partial charge in [-0.1, -0.05) is 50.2 Å². The summed E-state index contributed by atoms with van der Waals surface area (Å²) in [6.45, 7) is 4.42. The van der Waals surface area contributed by atoms with E-state index in [1.54, 1.807) is 30.3 Å².